The van der Waals surface area contributed by atoms with Crippen LogP contribution in [-0.4, -0.2) is 69.5 Å². The number of Topliss-reactive ketones (excluding diaryl/α,β-unsaturated/α-hetero) is 1. The van der Waals surface area contributed by atoms with E-state index in [0.29, 0.717) is 35.6 Å². The summed E-state index contributed by atoms with van der Waals surface area (Å²) in [6, 6.07) is 20.2. The highest BCUT2D eigenvalue weighted by atomic mass is 32.1. The zero-order valence-corrected chi connectivity index (χ0v) is 34.8. The monoisotopic (exact) mass is 824 g/mol. The Morgan fingerprint density at radius 2 is 1.79 bits per heavy atom. The van der Waals surface area contributed by atoms with Gasteiger partial charge in [-0.25, -0.2) is 4.98 Å². The molecule has 2 unspecified atom stereocenters. The fourth-order valence-electron chi connectivity index (χ4n) is 9.34. The van der Waals surface area contributed by atoms with E-state index >= 15 is 0 Å². The molecule has 2 aliphatic heterocycles. The normalized spacial score (nSPS) is 27.2. The predicted octanol–water partition coefficient (Wildman–Crippen LogP) is 9.52. The van der Waals surface area contributed by atoms with Crippen molar-refractivity contribution in [3.05, 3.63) is 89.1 Å². The van der Waals surface area contributed by atoms with Crippen LogP contribution in [0.4, 0.5) is 0 Å². The third kappa shape index (κ3) is 8.82. The quantitative estimate of drug-likeness (QED) is 0.0944. The van der Waals surface area contributed by atoms with Crippen LogP contribution in [0.5, 0.6) is 11.5 Å². The number of allylic oxidation sites excluding steroid dienone is 2. The standard InChI is InChI=1S/C46H53N2O8PS/c1-54-35-20-21-38-40(24-35)47-39(31-13-7-5-8-14-31)26-43(38)55-36-25-41-42(49)28-46(57(52,53)30-37-19-12-22-58-37)27-33(46)16-9-4-2-3-6-15-32(45(51)48(41)29-36)23-44(50)56-34-17-10-11-18-34/h5,7-9,12-14,16,19-22,24,26,32-34,36,41H,2-4,6,10-11,15,17-18,23,25,27-30H2,1H3,(H,52,53)/b16-9-/t32?,33-,36-,41+,46-/m1/s1. The van der Waals surface area contributed by atoms with Crippen molar-refractivity contribution in [1.82, 2.24) is 9.88 Å². The molecular weight excluding hydrogens is 772 g/mol. The van der Waals surface area contributed by atoms with Crippen molar-refractivity contribution >= 4 is 47.3 Å². The summed E-state index contributed by atoms with van der Waals surface area (Å²) in [5, 5.41) is 1.55. The molecule has 4 aromatic rings. The number of amides is 1. The molecule has 2 aromatic carbocycles. The molecule has 58 heavy (non-hydrogen) atoms. The second-order valence-corrected chi connectivity index (χ2v) is 20.2. The van der Waals surface area contributed by atoms with Gasteiger partial charge in [0.1, 0.15) is 23.7 Å². The third-order valence-corrected chi connectivity index (χ3v) is 16.6. The first-order valence-corrected chi connectivity index (χ1v) is 23.6. The molecule has 1 amide bonds. The largest absolute Gasteiger partial charge is 0.497 e. The number of thiophene rings is 1. The number of fused-ring (bicyclic) bond motifs is 3. The zero-order valence-electron chi connectivity index (χ0n) is 33.1. The van der Waals surface area contributed by atoms with Gasteiger partial charge in [-0.05, 0) is 80.9 Å². The number of pyridine rings is 1. The van der Waals surface area contributed by atoms with E-state index in [0.717, 1.165) is 67.2 Å². The van der Waals surface area contributed by atoms with Crippen molar-refractivity contribution in [1.29, 1.82) is 0 Å². The number of benzene rings is 2. The first-order valence-electron chi connectivity index (χ1n) is 20.9. The fraction of sp³-hybridized carbons (Fsp3) is 0.478. The molecule has 306 valence electrons. The number of methoxy groups -OCH3 is 1. The van der Waals surface area contributed by atoms with Gasteiger partial charge in [0.05, 0.1) is 48.6 Å². The average Bonchev–Trinajstić information content (AvgIpc) is 3.68. The number of rotatable bonds is 10. The Balaban J connectivity index is 1.13. The van der Waals surface area contributed by atoms with Gasteiger partial charge in [0.2, 0.25) is 13.3 Å². The summed E-state index contributed by atoms with van der Waals surface area (Å²) in [6.45, 7) is 0.131. The smallest absolute Gasteiger partial charge is 0.306 e. The zero-order chi connectivity index (χ0) is 40.3. The summed E-state index contributed by atoms with van der Waals surface area (Å²) < 4.78 is 32.7. The highest BCUT2D eigenvalue weighted by Crippen LogP contribution is 2.74. The van der Waals surface area contributed by atoms with Crippen LogP contribution in [0.1, 0.15) is 88.3 Å². The minimum absolute atomic E-state index is 0.0101. The number of hydrogen-bond acceptors (Lipinski definition) is 9. The van der Waals surface area contributed by atoms with Crippen molar-refractivity contribution < 1.29 is 38.1 Å². The number of aromatic nitrogens is 1. The van der Waals surface area contributed by atoms with E-state index in [1.54, 1.807) is 12.0 Å². The van der Waals surface area contributed by atoms with Crippen LogP contribution in [0.15, 0.2) is 84.3 Å². The molecule has 6 atom stereocenters. The maximum Gasteiger partial charge on any atom is 0.306 e. The predicted molar refractivity (Wildman–Crippen MR) is 225 cm³/mol. The van der Waals surface area contributed by atoms with Gasteiger partial charge in [-0.2, -0.15) is 0 Å². The van der Waals surface area contributed by atoms with Crippen LogP contribution in [0.25, 0.3) is 22.2 Å². The second-order valence-electron chi connectivity index (χ2n) is 16.6. The lowest BCUT2D eigenvalue weighted by Crippen LogP contribution is -2.45. The molecule has 10 nitrogen and oxygen atoms in total. The van der Waals surface area contributed by atoms with Gasteiger partial charge in [0.15, 0.2) is 5.78 Å². The maximum absolute atomic E-state index is 14.9. The van der Waals surface area contributed by atoms with Crippen LogP contribution >= 0.6 is 18.7 Å². The van der Waals surface area contributed by atoms with E-state index in [-0.39, 0.29) is 61.7 Å². The second kappa shape index (κ2) is 17.5. The summed E-state index contributed by atoms with van der Waals surface area (Å²) in [7, 11) is -2.27. The van der Waals surface area contributed by atoms with Gasteiger partial charge >= 0.3 is 5.97 Å². The number of hydrogen-bond donors (Lipinski definition) is 1. The molecule has 1 saturated heterocycles. The molecule has 12 heteroatoms. The lowest BCUT2D eigenvalue weighted by Gasteiger charge is -2.30. The summed E-state index contributed by atoms with van der Waals surface area (Å²) in [6.07, 6.45) is 11.5. The van der Waals surface area contributed by atoms with Crippen molar-refractivity contribution in [2.75, 3.05) is 13.7 Å². The van der Waals surface area contributed by atoms with Crippen molar-refractivity contribution in [3.63, 3.8) is 0 Å². The highest BCUT2D eigenvalue weighted by Gasteiger charge is 2.65. The lowest BCUT2D eigenvalue weighted by atomic mass is 9.94. The molecule has 4 heterocycles. The number of ketones is 1. The molecule has 2 aliphatic carbocycles. The van der Waals surface area contributed by atoms with Crippen molar-refractivity contribution in [2.24, 2.45) is 11.8 Å². The summed E-state index contributed by atoms with van der Waals surface area (Å²) in [4.78, 5) is 62.3. The Morgan fingerprint density at radius 3 is 2.57 bits per heavy atom. The molecule has 0 spiro atoms. The first kappa shape index (κ1) is 40.5. The van der Waals surface area contributed by atoms with Crippen LogP contribution in [-0.2, 0) is 29.8 Å². The molecule has 4 aliphatic rings. The molecular formula is C46H53N2O8PS. The van der Waals surface area contributed by atoms with Crippen LogP contribution in [0, 0.1) is 11.8 Å². The van der Waals surface area contributed by atoms with Crippen LogP contribution in [0.3, 0.4) is 0 Å². The maximum atomic E-state index is 14.9. The van der Waals surface area contributed by atoms with Gasteiger partial charge in [0, 0.05) is 46.7 Å². The number of ether oxygens (including phenoxy) is 3. The van der Waals surface area contributed by atoms with E-state index in [1.807, 2.05) is 78.2 Å². The van der Waals surface area contributed by atoms with Gasteiger partial charge in [-0.1, -0.05) is 61.4 Å². The van der Waals surface area contributed by atoms with E-state index in [1.165, 1.54) is 11.3 Å². The van der Waals surface area contributed by atoms with Crippen LogP contribution in [0.2, 0.25) is 0 Å². The number of esters is 1. The molecule has 3 fully saturated rings. The van der Waals surface area contributed by atoms with Gasteiger partial charge in [-0.15, -0.1) is 11.3 Å². The Hall–Kier alpha value is -4.31. The number of carbonyl (C=O) groups excluding carboxylic acids is 3. The molecule has 0 bridgehead atoms. The van der Waals surface area contributed by atoms with E-state index in [2.05, 4.69) is 6.08 Å². The third-order valence-electron chi connectivity index (χ3n) is 12.6. The van der Waals surface area contributed by atoms with E-state index < -0.39 is 30.6 Å². The van der Waals surface area contributed by atoms with Crippen molar-refractivity contribution in [2.45, 2.75) is 113 Å². The topological polar surface area (TPSA) is 132 Å². The van der Waals surface area contributed by atoms with Gasteiger partial charge in [-0.3, -0.25) is 18.9 Å². The van der Waals surface area contributed by atoms with Gasteiger partial charge < -0.3 is 24.0 Å². The minimum atomic E-state index is -3.88. The Bertz CT molecular complexity index is 2190. The van der Waals surface area contributed by atoms with Crippen LogP contribution < -0.4 is 9.47 Å². The molecule has 2 saturated carbocycles. The first-order chi connectivity index (χ1) is 28.1. The summed E-state index contributed by atoms with van der Waals surface area (Å²) >= 11 is 1.44. The SMILES string of the molecule is COc1ccc2c(O[C@@H]3C[C@H]4C(=O)C[C@]5(P(=O)(O)Cc6cccs6)C[C@H]5/C=C\CCCCCC(CC(=O)OC5CCCC5)C(=O)N4C3)cc(-c3ccccc3)nc2c1. The molecule has 0 radical (unpaired) electrons. The lowest BCUT2D eigenvalue weighted by molar-refractivity contribution is -0.154. The van der Waals surface area contributed by atoms with Crippen molar-refractivity contribution in [3.8, 4) is 22.8 Å². The van der Waals surface area contributed by atoms with E-state index in [4.69, 9.17) is 19.2 Å². The Labute approximate surface area is 344 Å². The minimum Gasteiger partial charge on any atom is -0.497 e. The fourth-order valence-corrected chi connectivity index (χ4v) is 13.0. The molecule has 2 aromatic heterocycles. The Kier molecular flexibility index (Phi) is 12.2. The molecule has 8 rings (SSSR count). The number of nitrogens with zero attached hydrogens (tertiary/aromatic N) is 2. The summed E-state index contributed by atoms with van der Waals surface area (Å²) in [5.41, 5.74) is 2.29. The Morgan fingerprint density at radius 1 is 0.983 bits per heavy atom. The van der Waals surface area contributed by atoms with Gasteiger partial charge in [0.25, 0.3) is 0 Å². The van der Waals surface area contributed by atoms with E-state index in [9.17, 15) is 23.8 Å². The molecule has 1 N–H and O–H groups in total. The highest BCUT2D eigenvalue weighted by molar-refractivity contribution is 7.59. The number of carbonyl (C=O) groups is 3. The average molecular weight is 825 g/mol. The summed E-state index contributed by atoms with van der Waals surface area (Å²) in [5.74, 6) is -0.524.